The van der Waals surface area contributed by atoms with E-state index < -0.39 is 32.9 Å². The van der Waals surface area contributed by atoms with Gasteiger partial charge in [0.15, 0.2) is 0 Å². The lowest BCUT2D eigenvalue weighted by Crippen LogP contribution is -2.39. The van der Waals surface area contributed by atoms with Crippen LogP contribution in [0.15, 0.2) is 0 Å². The van der Waals surface area contributed by atoms with Crippen LogP contribution in [0.2, 0.25) is 0 Å². The smallest absolute Gasteiger partial charge is 0.249 e. The van der Waals surface area contributed by atoms with Crippen LogP contribution >= 0.6 is 0 Å². The summed E-state index contributed by atoms with van der Waals surface area (Å²) >= 11 is -2.44. The molecule has 1 aliphatic rings. The van der Waals surface area contributed by atoms with Crippen LogP contribution in [-0.4, -0.2) is 20.2 Å². The highest BCUT2D eigenvalue weighted by molar-refractivity contribution is 7.95. The minimum atomic E-state index is -2.44. The Bertz CT molecular complexity index is 323. The van der Waals surface area contributed by atoms with Crippen molar-refractivity contribution in [2.24, 2.45) is 16.7 Å². The van der Waals surface area contributed by atoms with Crippen molar-refractivity contribution in [3.8, 4) is 0 Å². The van der Waals surface area contributed by atoms with E-state index in [4.69, 9.17) is 4.55 Å². The van der Waals surface area contributed by atoms with E-state index in [1.54, 1.807) is 6.92 Å². The van der Waals surface area contributed by atoms with Crippen molar-refractivity contribution in [2.45, 2.75) is 33.6 Å². The van der Waals surface area contributed by atoms with Crippen molar-refractivity contribution in [3.05, 3.63) is 0 Å². The number of hydrogen-bond donors (Lipinski definition) is 1. The van der Waals surface area contributed by atoms with Crippen molar-refractivity contribution < 1.29 is 18.4 Å². The van der Waals surface area contributed by atoms with E-state index >= 15 is 0 Å². The Balaban J connectivity index is 3.04. The molecule has 0 aliphatic heterocycles. The van der Waals surface area contributed by atoms with Gasteiger partial charge < -0.3 is 9.35 Å². The molecule has 0 radical (unpaired) electrons. The van der Waals surface area contributed by atoms with Crippen LogP contribution in [0, 0.1) is 16.7 Å². The van der Waals surface area contributed by atoms with Crippen molar-refractivity contribution in [2.75, 3.05) is 0 Å². The lowest BCUT2D eigenvalue weighted by molar-refractivity contribution is -0.124. The van der Waals surface area contributed by atoms with Gasteiger partial charge >= 0.3 is 0 Å². The number of hydrogen-bond acceptors (Lipinski definition) is 3. The van der Waals surface area contributed by atoms with E-state index in [0.717, 1.165) is 6.29 Å². The summed E-state index contributed by atoms with van der Waals surface area (Å²) < 4.78 is 19.5. The normalized spacial score (nSPS) is 36.1. The van der Waals surface area contributed by atoms with Gasteiger partial charge in [-0.1, -0.05) is 20.8 Å². The summed E-state index contributed by atoms with van der Waals surface area (Å²) in [5.74, 6) is -0.501. The molecule has 3 unspecified atom stereocenters. The maximum absolute atomic E-state index is 11.5. The summed E-state index contributed by atoms with van der Waals surface area (Å²) in [6.45, 7) is 5.42. The molecule has 0 bridgehead atoms. The fraction of sp³-hybridized carbons (Fsp3) is 0.800. The van der Waals surface area contributed by atoms with E-state index in [0.29, 0.717) is 12.8 Å². The van der Waals surface area contributed by atoms with Crippen molar-refractivity contribution in [1.29, 1.82) is 0 Å². The van der Waals surface area contributed by atoms with E-state index in [2.05, 4.69) is 0 Å². The van der Waals surface area contributed by atoms with Gasteiger partial charge in [0.25, 0.3) is 0 Å². The van der Waals surface area contributed by atoms with E-state index in [1.165, 1.54) is 0 Å². The van der Waals surface area contributed by atoms with Gasteiger partial charge in [0.05, 0.1) is 0 Å². The second-order valence-electron chi connectivity index (χ2n) is 4.92. The van der Waals surface area contributed by atoms with Gasteiger partial charge in [0.1, 0.15) is 6.29 Å². The van der Waals surface area contributed by atoms with Crippen LogP contribution in [0.1, 0.15) is 33.6 Å². The quantitative estimate of drug-likeness (QED) is 0.576. The molecule has 5 heteroatoms. The topological polar surface area (TPSA) is 71.4 Å². The van der Waals surface area contributed by atoms with Crippen LogP contribution in [0.3, 0.4) is 0 Å². The summed E-state index contributed by atoms with van der Waals surface area (Å²) in [6, 6.07) is 0. The van der Waals surface area contributed by atoms with Crippen LogP contribution in [0.5, 0.6) is 0 Å². The second kappa shape index (κ2) is 3.79. The Morgan fingerprint density at radius 3 is 2.33 bits per heavy atom. The zero-order chi connectivity index (χ0) is 11.9. The maximum atomic E-state index is 11.5. The standard InChI is InChI=1S/C10H16O4S/c1-9(2)7(8(12)15(13)14)4-5-10(9,3)6-11/h6-7H,4-5H2,1-3H3,(H,13,14). The number of carbonyl (C=O) groups excluding carboxylic acids is 2. The summed E-state index contributed by atoms with van der Waals surface area (Å²) in [7, 11) is 0. The average Bonchev–Trinajstić information content (AvgIpc) is 2.38. The Labute approximate surface area is 91.7 Å². The molecule has 0 aromatic heterocycles. The predicted molar refractivity (Wildman–Crippen MR) is 56.5 cm³/mol. The molecule has 1 N–H and O–H groups in total. The highest BCUT2D eigenvalue weighted by Gasteiger charge is 2.54. The first kappa shape index (κ1) is 12.5. The van der Waals surface area contributed by atoms with E-state index in [9.17, 15) is 13.8 Å². The molecule has 0 heterocycles. The monoisotopic (exact) mass is 232 g/mol. The Morgan fingerprint density at radius 2 is 2.00 bits per heavy atom. The molecular formula is C10H16O4S. The van der Waals surface area contributed by atoms with Gasteiger partial charge in [0.2, 0.25) is 16.2 Å². The highest BCUT2D eigenvalue weighted by atomic mass is 32.2. The van der Waals surface area contributed by atoms with Crippen molar-refractivity contribution in [1.82, 2.24) is 0 Å². The minimum absolute atomic E-state index is 0.501. The predicted octanol–water partition coefficient (Wildman–Crippen LogP) is 1.38. The maximum Gasteiger partial charge on any atom is 0.249 e. The molecule has 1 fully saturated rings. The summed E-state index contributed by atoms with van der Waals surface area (Å²) in [5.41, 5.74) is -1.13. The fourth-order valence-corrected chi connectivity index (χ4v) is 2.93. The second-order valence-corrected chi connectivity index (χ2v) is 5.82. The van der Waals surface area contributed by atoms with Gasteiger partial charge in [-0.15, -0.1) is 0 Å². The average molecular weight is 232 g/mol. The Morgan fingerprint density at radius 1 is 1.47 bits per heavy atom. The van der Waals surface area contributed by atoms with Gasteiger partial charge in [-0.3, -0.25) is 4.79 Å². The van der Waals surface area contributed by atoms with Gasteiger partial charge in [-0.25, -0.2) is 4.21 Å². The van der Waals surface area contributed by atoms with Gasteiger partial charge in [-0.05, 0) is 18.3 Å². The molecular weight excluding hydrogens is 216 g/mol. The van der Waals surface area contributed by atoms with Crippen molar-refractivity contribution in [3.63, 3.8) is 0 Å². The summed E-state index contributed by atoms with van der Waals surface area (Å²) in [6.07, 6.45) is 1.96. The zero-order valence-electron chi connectivity index (χ0n) is 9.15. The van der Waals surface area contributed by atoms with Crippen molar-refractivity contribution >= 4 is 22.5 Å². The summed E-state index contributed by atoms with van der Waals surface area (Å²) in [5, 5.41) is -0.662. The molecule has 1 aliphatic carbocycles. The molecule has 86 valence electrons. The first-order valence-corrected chi connectivity index (χ1v) is 5.98. The third kappa shape index (κ3) is 1.78. The fourth-order valence-electron chi connectivity index (χ4n) is 2.27. The zero-order valence-corrected chi connectivity index (χ0v) is 9.97. The number of carbonyl (C=O) groups is 2. The van der Waals surface area contributed by atoms with E-state index in [-0.39, 0.29) is 0 Å². The Hall–Kier alpha value is -0.550. The van der Waals surface area contributed by atoms with Crippen LogP contribution in [0.4, 0.5) is 0 Å². The first-order chi connectivity index (χ1) is 6.76. The number of aldehydes is 1. The Kier molecular flexibility index (Phi) is 3.16. The highest BCUT2D eigenvalue weighted by Crippen LogP contribution is 2.55. The molecule has 1 rings (SSSR count). The van der Waals surface area contributed by atoms with Crippen LogP contribution in [-0.2, 0) is 20.7 Å². The molecule has 0 aromatic rings. The van der Waals surface area contributed by atoms with Gasteiger partial charge in [0, 0.05) is 11.3 Å². The third-order valence-electron chi connectivity index (χ3n) is 4.01. The lowest BCUT2D eigenvalue weighted by atomic mass is 9.67. The molecule has 0 saturated heterocycles. The molecule has 15 heavy (non-hydrogen) atoms. The molecule has 1 saturated carbocycles. The molecule has 0 amide bonds. The first-order valence-electron chi connectivity index (χ1n) is 4.87. The van der Waals surface area contributed by atoms with Gasteiger partial charge in [-0.2, -0.15) is 0 Å². The number of rotatable bonds is 2. The molecule has 0 aromatic carbocycles. The minimum Gasteiger partial charge on any atom is -0.303 e. The molecule has 3 atom stereocenters. The molecule has 4 nitrogen and oxygen atoms in total. The lowest BCUT2D eigenvalue weighted by Gasteiger charge is -2.36. The third-order valence-corrected chi connectivity index (χ3v) is 4.64. The summed E-state index contributed by atoms with van der Waals surface area (Å²) in [4.78, 5) is 22.5. The van der Waals surface area contributed by atoms with E-state index in [1.807, 2.05) is 13.8 Å². The van der Waals surface area contributed by atoms with Crippen LogP contribution < -0.4 is 0 Å². The largest absolute Gasteiger partial charge is 0.303 e. The molecule has 0 spiro atoms. The SMILES string of the molecule is CC1(C=O)CCC(C(=O)S(=O)O)C1(C)C. The van der Waals surface area contributed by atoms with Crippen LogP contribution in [0.25, 0.3) is 0 Å².